The first-order chi connectivity index (χ1) is 13.3. The van der Waals surface area contributed by atoms with E-state index in [-0.39, 0.29) is 29.6 Å². The predicted octanol–water partition coefficient (Wildman–Crippen LogP) is 3.02. The number of methoxy groups -OCH3 is 1. The number of hydrogen-bond donors (Lipinski definition) is 1. The topological polar surface area (TPSA) is 77.1 Å². The summed E-state index contributed by atoms with van der Waals surface area (Å²) in [5.41, 5.74) is 0.580. The SMILES string of the molecule is COc1ccc(C(=O)Nc2ccc(OCC(=O)N(C)C)cc2)cc1OC(F)F. The van der Waals surface area contributed by atoms with E-state index in [0.29, 0.717) is 11.4 Å². The molecule has 0 aliphatic rings. The molecule has 0 aliphatic carbocycles. The van der Waals surface area contributed by atoms with E-state index in [1.54, 1.807) is 38.4 Å². The van der Waals surface area contributed by atoms with E-state index in [4.69, 9.17) is 9.47 Å². The summed E-state index contributed by atoms with van der Waals surface area (Å²) in [4.78, 5) is 25.3. The molecular weight excluding hydrogens is 374 g/mol. The highest BCUT2D eigenvalue weighted by Crippen LogP contribution is 2.30. The molecule has 0 saturated heterocycles. The molecule has 1 N–H and O–H groups in total. The van der Waals surface area contributed by atoms with Gasteiger partial charge >= 0.3 is 6.61 Å². The normalized spacial score (nSPS) is 10.4. The Kier molecular flexibility index (Phi) is 7.14. The van der Waals surface area contributed by atoms with Crippen molar-refractivity contribution in [1.29, 1.82) is 0 Å². The molecule has 0 fully saturated rings. The molecule has 0 atom stereocenters. The van der Waals surface area contributed by atoms with Crippen molar-refractivity contribution in [3.05, 3.63) is 48.0 Å². The van der Waals surface area contributed by atoms with E-state index in [1.807, 2.05) is 0 Å². The van der Waals surface area contributed by atoms with Crippen LogP contribution >= 0.6 is 0 Å². The maximum atomic E-state index is 12.5. The molecule has 2 aromatic carbocycles. The number of anilines is 1. The largest absolute Gasteiger partial charge is 0.493 e. The van der Waals surface area contributed by atoms with Gasteiger partial charge in [0.2, 0.25) is 0 Å². The summed E-state index contributed by atoms with van der Waals surface area (Å²) in [6.45, 7) is -3.14. The average Bonchev–Trinajstić information content (AvgIpc) is 2.66. The van der Waals surface area contributed by atoms with E-state index < -0.39 is 12.5 Å². The summed E-state index contributed by atoms with van der Waals surface area (Å²) in [6.07, 6.45) is 0. The highest BCUT2D eigenvalue weighted by Gasteiger charge is 2.15. The van der Waals surface area contributed by atoms with Crippen molar-refractivity contribution in [2.45, 2.75) is 6.61 Å². The highest BCUT2D eigenvalue weighted by molar-refractivity contribution is 6.04. The van der Waals surface area contributed by atoms with Crippen LogP contribution in [0.4, 0.5) is 14.5 Å². The fourth-order valence-corrected chi connectivity index (χ4v) is 2.12. The number of amides is 2. The Balaban J connectivity index is 2.03. The summed E-state index contributed by atoms with van der Waals surface area (Å²) in [5, 5.41) is 2.63. The molecule has 0 bridgehead atoms. The lowest BCUT2D eigenvalue weighted by atomic mass is 10.2. The van der Waals surface area contributed by atoms with E-state index >= 15 is 0 Å². The van der Waals surface area contributed by atoms with Crippen molar-refractivity contribution < 1.29 is 32.6 Å². The standard InChI is InChI=1S/C19H20F2N2O5/c1-23(2)17(24)11-27-14-7-5-13(6-8-14)22-18(25)12-4-9-15(26-3)16(10-12)28-19(20)21/h4-10,19H,11H2,1-3H3,(H,22,25). The van der Waals surface area contributed by atoms with Gasteiger partial charge in [-0.2, -0.15) is 8.78 Å². The van der Waals surface area contributed by atoms with Gasteiger partial charge in [0.25, 0.3) is 11.8 Å². The number of carbonyl (C=O) groups is 2. The van der Waals surface area contributed by atoms with Crippen molar-refractivity contribution in [2.24, 2.45) is 0 Å². The van der Waals surface area contributed by atoms with Crippen LogP contribution in [0.25, 0.3) is 0 Å². The molecule has 150 valence electrons. The number of ether oxygens (including phenoxy) is 3. The van der Waals surface area contributed by atoms with Gasteiger partial charge in [0.15, 0.2) is 18.1 Å². The van der Waals surface area contributed by atoms with E-state index in [1.165, 1.54) is 30.2 Å². The van der Waals surface area contributed by atoms with Crippen LogP contribution < -0.4 is 19.5 Å². The number of rotatable bonds is 8. The molecule has 28 heavy (non-hydrogen) atoms. The third kappa shape index (κ3) is 5.83. The van der Waals surface area contributed by atoms with Crippen LogP contribution in [-0.4, -0.2) is 51.1 Å². The fourth-order valence-electron chi connectivity index (χ4n) is 2.12. The number of alkyl halides is 2. The van der Waals surface area contributed by atoms with Gasteiger partial charge in [0.1, 0.15) is 5.75 Å². The summed E-state index contributed by atoms with van der Waals surface area (Å²) >= 11 is 0. The average molecular weight is 394 g/mol. The van der Waals surface area contributed by atoms with Gasteiger partial charge in [0, 0.05) is 25.3 Å². The number of likely N-dealkylation sites (N-methyl/N-ethyl adjacent to an activating group) is 1. The highest BCUT2D eigenvalue weighted by atomic mass is 19.3. The Hall–Kier alpha value is -3.36. The predicted molar refractivity (Wildman–Crippen MR) is 98.2 cm³/mol. The lowest BCUT2D eigenvalue weighted by Gasteiger charge is -2.13. The maximum absolute atomic E-state index is 12.5. The molecule has 0 saturated carbocycles. The number of carbonyl (C=O) groups excluding carboxylic acids is 2. The molecule has 2 aromatic rings. The molecule has 0 aromatic heterocycles. The zero-order valence-electron chi connectivity index (χ0n) is 15.6. The van der Waals surface area contributed by atoms with E-state index in [0.717, 1.165) is 0 Å². The van der Waals surface area contributed by atoms with E-state index in [2.05, 4.69) is 10.1 Å². The molecule has 0 heterocycles. The zero-order chi connectivity index (χ0) is 20.7. The number of nitrogens with one attached hydrogen (secondary N) is 1. The minimum absolute atomic E-state index is 0.0885. The lowest BCUT2D eigenvalue weighted by Crippen LogP contribution is -2.27. The van der Waals surface area contributed by atoms with Crippen LogP contribution in [0.15, 0.2) is 42.5 Å². The quantitative estimate of drug-likeness (QED) is 0.745. The maximum Gasteiger partial charge on any atom is 0.387 e. The minimum atomic E-state index is -3.04. The van der Waals surface area contributed by atoms with Crippen LogP contribution in [-0.2, 0) is 4.79 Å². The first-order valence-corrected chi connectivity index (χ1v) is 8.17. The van der Waals surface area contributed by atoms with Crippen LogP contribution in [0, 0.1) is 0 Å². The van der Waals surface area contributed by atoms with Crippen molar-refractivity contribution in [3.8, 4) is 17.2 Å². The van der Waals surface area contributed by atoms with Gasteiger partial charge < -0.3 is 24.4 Å². The smallest absolute Gasteiger partial charge is 0.387 e. The van der Waals surface area contributed by atoms with Gasteiger partial charge in [-0.25, -0.2) is 0 Å². The molecule has 2 rings (SSSR count). The second kappa shape index (κ2) is 9.54. The first-order valence-electron chi connectivity index (χ1n) is 8.17. The van der Waals surface area contributed by atoms with Crippen molar-refractivity contribution in [1.82, 2.24) is 4.90 Å². The zero-order valence-corrected chi connectivity index (χ0v) is 15.6. The summed E-state index contributed by atoms with van der Waals surface area (Å²) in [5.74, 6) is -0.382. The second-order valence-electron chi connectivity index (χ2n) is 5.80. The molecule has 0 unspecified atom stereocenters. The molecule has 0 radical (unpaired) electrons. The van der Waals surface area contributed by atoms with Crippen molar-refractivity contribution in [3.63, 3.8) is 0 Å². The van der Waals surface area contributed by atoms with Gasteiger partial charge in [0.05, 0.1) is 7.11 Å². The second-order valence-corrected chi connectivity index (χ2v) is 5.80. The van der Waals surface area contributed by atoms with Crippen LogP contribution in [0.1, 0.15) is 10.4 Å². The fraction of sp³-hybridized carbons (Fsp3) is 0.263. The lowest BCUT2D eigenvalue weighted by molar-refractivity contribution is -0.130. The summed E-state index contributed by atoms with van der Waals surface area (Å²) < 4.78 is 39.6. The summed E-state index contributed by atoms with van der Waals surface area (Å²) in [6, 6.07) is 10.3. The third-order valence-corrected chi connectivity index (χ3v) is 3.62. The number of halogens is 2. The Bertz CT molecular complexity index is 826. The molecule has 9 heteroatoms. The third-order valence-electron chi connectivity index (χ3n) is 3.62. The molecule has 2 amide bonds. The molecule has 0 spiro atoms. The van der Waals surface area contributed by atoms with Crippen molar-refractivity contribution in [2.75, 3.05) is 33.1 Å². The first kappa shape index (κ1) is 20.9. The molecule has 7 nitrogen and oxygen atoms in total. The minimum Gasteiger partial charge on any atom is -0.493 e. The van der Waals surface area contributed by atoms with Gasteiger partial charge in [-0.1, -0.05) is 0 Å². The van der Waals surface area contributed by atoms with Crippen LogP contribution in [0.5, 0.6) is 17.2 Å². The van der Waals surface area contributed by atoms with Crippen LogP contribution in [0.3, 0.4) is 0 Å². The van der Waals surface area contributed by atoms with E-state index in [9.17, 15) is 18.4 Å². The molecular formula is C19H20F2N2O5. The Morgan fingerprint density at radius 1 is 1.07 bits per heavy atom. The van der Waals surface area contributed by atoms with Crippen molar-refractivity contribution >= 4 is 17.5 Å². The number of benzene rings is 2. The monoisotopic (exact) mass is 394 g/mol. The van der Waals surface area contributed by atoms with Crippen LogP contribution in [0.2, 0.25) is 0 Å². The number of nitrogens with zero attached hydrogens (tertiary/aromatic N) is 1. The summed E-state index contributed by atoms with van der Waals surface area (Å²) in [7, 11) is 4.56. The Labute approximate surface area is 160 Å². The Morgan fingerprint density at radius 3 is 2.32 bits per heavy atom. The van der Waals surface area contributed by atoms with Gasteiger partial charge in [-0.15, -0.1) is 0 Å². The number of hydrogen-bond acceptors (Lipinski definition) is 5. The Morgan fingerprint density at radius 2 is 1.75 bits per heavy atom. The van der Waals surface area contributed by atoms with Gasteiger partial charge in [-0.05, 0) is 42.5 Å². The molecule has 0 aliphatic heterocycles. The van der Waals surface area contributed by atoms with Gasteiger partial charge in [-0.3, -0.25) is 9.59 Å².